The van der Waals surface area contributed by atoms with Gasteiger partial charge < -0.3 is 9.47 Å². The molecule has 25 heavy (non-hydrogen) atoms. The number of methoxy groups -OCH3 is 1. The van der Waals surface area contributed by atoms with Gasteiger partial charge in [-0.3, -0.25) is 0 Å². The van der Waals surface area contributed by atoms with Crippen molar-refractivity contribution in [3.63, 3.8) is 0 Å². The Hall–Kier alpha value is -3.18. The minimum Gasteiger partial charge on any atom is -0.497 e. The predicted octanol–water partition coefficient (Wildman–Crippen LogP) is 5.18. The third-order valence-corrected chi connectivity index (χ3v) is 3.81. The fourth-order valence-electron chi connectivity index (χ4n) is 2.38. The van der Waals surface area contributed by atoms with E-state index in [-0.39, 0.29) is 6.10 Å². The summed E-state index contributed by atoms with van der Waals surface area (Å²) >= 11 is 0. The van der Waals surface area contributed by atoms with E-state index >= 15 is 0 Å². The Kier molecular flexibility index (Phi) is 5.39. The molecule has 3 rings (SSSR count). The Labute approximate surface area is 149 Å². The molecular formula is C23H20O2. The van der Waals surface area contributed by atoms with E-state index in [1.807, 2.05) is 78.9 Å². The Bertz CT molecular complexity index is 854. The fraction of sp³-hybridized carbons (Fsp3) is 0.130. The Morgan fingerprint density at radius 2 is 1.40 bits per heavy atom. The van der Waals surface area contributed by atoms with E-state index in [9.17, 15) is 0 Å². The van der Waals surface area contributed by atoms with Crippen molar-refractivity contribution in [2.75, 3.05) is 7.11 Å². The molecule has 0 aromatic heterocycles. The summed E-state index contributed by atoms with van der Waals surface area (Å²) in [6, 6.07) is 25.7. The highest BCUT2D eigenvalue weighted by Gasteiger charge is 2.11. The van der Waals surface area contributed by atoms with E-state index in [4.69, 9.17) is 9.47 Å². The van der Waals surface area contributed by atoms with Gasteiger partial charge >= 0.3 is 0 Å². The maximum Gasteiger partial charge on any atom is 0.184 e. The van der Waals surface area contributed by atoms with Gasteiger partial charge in [-0.2, -0.15) is 0 Å². The van der Waals surface area contributed by atoms with Crippen LogP contribution >= 0.6 is 0 Å². The predicted molar refractivity (Wildman–Crippen MR) is 101 cm³/mol. The second-order valence-electron chi connectivity index (χ2n) is 5.72. The number of hydrogen-bond acceptors (Lipinski definition) is 2. The smallest absolute Gasteiger partial charge is 0.184 e. The van der Waals surface area contributed by atoms with Gasteiger partial charge in [-0.25, -0.2) is 0 Å². The van der Waals surface area contributed by atoms with Gasteiger partial charge in [-0.15, -0.1) is 0 Å². The Morgan fingerprint density at radius 3 is 2.04 bits per heavy atom. The molecular weight excluding hydrogens is 308 g/mol. The van der Waals surface area contributed by atoms with E-state index in [2.05, 4.69) is 18.8 Å². The maximum absolute atomic E-state index is 6.14. The SMILES string of the molecule is COc1ccc(C(C#Cc2ccccc2)Oc2ccc(C)cc2)cc1. The lowest BCUT2D eigenvalue weighted by molar-refractivity contribution is 0.264. The average molecular weight is 328 g/mol. The van der Waals surface area contributed by atoms with E-state index < -0.39 is 0 Å². The van der Waals surface area contributed by atoms with Gasteiger partial charge in [0, 0.05) is 11.1 Å². The molecule has 0 radical (unpaired) electrons. The molecule has 2 nitrogen and oxygen atoms in total. The minimum absolute atomic E-state index is 0.353. The minimum atomic E-state index is -0.353. The van der Waals surface area contributed by atoms with Crippen LogP contribution in [0.5, 0.6) is 11.5 Å². The standard InChI is InChI=1S/C23H20O2/c1-18-8-13-22(14-9-18)25-23(17-10-19-6-4-3-5-7-19)20-11-15-21(24-2)16-12-20/h3-9,11-16,23H,1-2H3. The summed E-state index contributed by atoms with van der Waals surface area (Å²) in [4.78, 5) is 0. The van der Waals surface area contributed by atoms with Crippen LogP contribution in [0.4, 0.5) is 0 Å². The molecule has 2 heteroatoms. The summed E-state index contributed by atoms with van der Waals surface area (Å²) < 4.78 is 11.4. The molecule has 1 atom stereocenters. The van der Waals surface area contributed by atoms with Crippen LogP contribution in [0.15, 0.2) is 78.9 Å². The van der Waals surface area contributed by atoms with Gasteiger partial charge in [0.25, 0.3) is 0 Å². The number of aryl methyl sites for hydroxylation is 1. The zero-order valence-corrected chi connectivity index (χ0v) is 14.4. The van der Waals surface area contributed by atoms with Crippen LogP contribution in [0.2, 0.25) is 0 Å². The molecule has 0 N–H and O–H groups in total. The number of benzene rings is 3. The van der Waals surface area contributed by atoms with E-state index in [1.165, 1.54) is 5.56 Å². The zero-order chi connectivity index (χ0) is 17.5. The van der Waals surface area contributed by atoms with E-state index in [0.717, 1.165) is 22.6 Å². The molecule has 0 aliphatic rings. The summed E-state index contributed by atoms with van der Waals surface area (Å²) in [6.07, 6.45) is -0.353. The first-order valence-corrected chi connectivity index (χ1v) is 8.18. The molecule has 0 saturated carbocycles. The average Bonchev–Trinajstić information content (AvgIpc) is 2.67. The molecule has 124 valence electrons. The first-order chi connectivity index (χ1) is 12.2. The number of hydrogen-bond donors (Lipinski definition) is 0. The Morgan fingerprint density at radius 1 is 0.760 bits per heavy atom. The third-order valence-electron chi connectivity index (χ3n) is 3.81. The molecule has 0 aliphatic carbocycles. The Balaban J connectivity index is 1.89. The monoisotopic (exact) mass is 328 g/mol. The normalized spacial score (nSPS) is 11.1. The van der Waals surface area contributed by atoms with Crippen molar-refractivity contribution in [2.24, 2.45) is 0 Å². The summed E-state index contributed by atoms with van der Waals surface area (Å²) in [5.41, 5.74) is 3.15. The topological polar surface area (TPSA) is 18.5 Å². The van der Waals surface area contributed by atoms with E-state index in [1.54, 1.807) is 7.11 Å². The molecule has 0 amide bonds. The van der Waals surface area contributed by atoms with Crippen molar-refractivity contribution in [2.45, 2.75) is 13.0 Å². The lowest BCUT2D eigenvalue weighted by Gasteiger charge is -2.15. The summed E-state index contributed by atoms with van der Waals surface area (Å²) in [5, 5.41) is 0. The van der Waals surface area contributed by atoms with E-state index in [0.29, 0.717) is 0 Å². The van der Waals surface area contributed by atoms with Crippen molar-refractivity contribution in [1.29, 1.82) is 0 Å². The highest BCUT2D eigenvalue weighted by atomic mass is 16.5. The number of rotatable bonds is 4. The van der Waals surface area contributed by atoms with Crippen LogP contribution in [0, 0.1) is 18.8 Å². The summed E-state index contributed by atoms with van der Waals surface area (Å²) in [5.74, 6) is 8.05. The van der Waals surface area contributed by atoms with Crippen LogP contribution in [0.3, 0.4) is 0 Å². The first kappa shape index (κ1) is 16.7. The van der Waals surface area contributed by atoms with Crippen LogP contribution in [0.1, 0.15) is 22.8 Å². The van der Waals surface area contributed by atoms with Gasteiger partial charge in [-0.1, -0.05) is 53.9 Å². The largest absolute Gasteiger partial charge is 0.497 e. The molecule has 3 aromatic rings. The van der Waals surface area contributed by atoms with Crippen LogP contribution in [0.25, 0.3) is 0 Å². The molecule has 3 aromatic carbocycles. The van der Waals surface area contributed by atoms with Crippen molar-refractivity contribution in [3.05, 3.63) is 95.6 Å². The van der Waals surface area contributed by atoms with Crippen LogP contribution in [-0.2, 0) is 0 Å². The molecule has 0 saturated heterocycles. The van der Waals surface area contributed by atoms with Crippen molar-refractivity contribution in [1.82, 2.24) is 0 Å². The summed E-state index contributed by atoms with van der Waals surface area (Å²) in [7, 11) is 1.66. The van der Waals surface area contributed by atoms with Gasteiger partial charge in [0.15, 0.2) is 6.10 Å². The van der Waals surface area contributed by atoms with Crippen molar-refractivity contribution >= 4 is 0 Å². The second-order valence-corrected chi connectivity index (χ2v) is 5.72. The van der Waals surface area contributed by atoms with Crippen molar-refractivity contribution in [3.8, 4) is 23.3 Å². The van der Waals surface area contributed by atoms with Gasteiger partial charge in [-0.05, 0) is 49.2 Å². The molecule has 1 unspecified atom stereocenters. The highest BCUT2D eigenvalue weighted by molar-refractivity contribution is 5.39. The van der Waals surface area contributed by atoms with Crippen molar-refractivity contribution < 1.29 is 9.47 Å². The zero-order valence-electron chi connectivity index (χ0n) is 14.4. The third kappa shape index (κ3) is 4.65. The van der Waals surface area contributed by atoms with Gasteiger partial charge in [0.05, 0.1) is 7.11 Å². The first-order valence-electron chi connectivity index (χ1n) is 8.18. The van der Waals surface area contributed by atoms with Gasteiger partial charge in [0.2, 0.25) is 0 Å². The quantitative estimate of drug-likeness (QED) is 0.615. The molecule has 0 aliphatic heterocycles. The highest BCUT2D eigenvalue weighted by Crippen LogP contribution is 2.24. The lowest BCUT2D eigenvalue weighted by atomic mass is 10.1. The fourth-order valence-corrected chi connectivity index (χ4v) is 2.38. The molecule has 0 heterocycles. The summed E-state index contributed by atoms with van der Waals surface area (Å²) in [6.45, 7) is 2.06. The van der Waals surface area contributed by atoms with Crippen LogP contribution < -0.4 is 9.47 Å². The molecule has 0 spiro atoms. The van der Waals surface area contributed by atoms with Crippen LogP contribution in [-0.4, -0.2) is 7.11 Å². The lowest BCUT2D eigenvalue weighted by Crippen LogP contribution is -2.05. The van der Waals surface area contributed by atoms with Gasteiger partial charge in [0.1, 0.15) is 11.5 Å². The maximum atomic E-state index is 6.14. The number of ether oxygens (including phenoxy) is 2. The molecule has 0 bridgehead atoms. The molecule has 0 fully saturated rings. The second kappa shape index (κ2) is 8.08.